The third-order valence-corrected chi connectivity index (χ3v) is 1.78. The van der Waals surface area contributed by atoms with E-state index in [1.807, 2.05) is 0 Å². The van der Waals surface area contributed by atoms with Crippen LogP contribution in [-0.4, -0.2) is 24.3 Å². The molecule has 1 heterocycles. The molecule has 5 heteroatoms. The highest BCUT2D eigenvalue weighted by molar-refractivity contribution is 5.82. The third kappa shape index (κ3) is 2.11. The third-order valence-electron chi connectivity index (χ3n) is 1.78. The van der Waals surface area contributed by atoms with Crippen molar-refractivity contribution in [1.82, 2.24) is 5.32 Å². The lowest BCUT2D eigenvalue weighted by Gasteiger charge is -2.28. The average molecular weight is 163 g/mol. The van der Waals surface area contributed by atoms with Crippen LogP contribution in [0.4, 0.5) is 8.78 Å². The van der Waals surface area contributed by atoms with Gasteiger partial charge < -0.3 is 11.1 Å². The van der Waals surface area contributed by atoms with E-state index in [4.69, 9.17) is 11.1 Å². The summed E-state index contributed by atoms with van der Waals surface area (Å²) in [6, 6.07) is -0.352. The van der Waals surface area contributed by atoms with Crippen molar-refractivity contribution >= 4 is 5.84 Å². The van der Waals surface area contributed by atoms with Gasteiger partial charge in [0.1, 0.15) is 5.84 Å². The highest BCUT2D eigenvalue weighted by Gasteiger charge is 2.35. The minimum Gasteiger partial charge on any atom is -0.386 e. The molecule has 1 unspecified atom stereocenters. The van der Waals surface area contributed by atoms with E-state index in [1.165, 1.54) is 0 Å². The Morgan fingerprint density at radius 3 is 2.64 bits per heavy atom. The van der Waals surface area contributed by atoms with Crippen LogP contribution in [0.3, 0.4) is 0 Å². The van der Waals surface area contributed by atoms with Gasteiger partial charge in [0.2, 0.25) is 0 Å². The monoisotopic (exact) mass is 163 g/mol. The van der Waals surface area contributed by atoms with E-state index in [0.717, 1.165) is 0 Å². The van der Waals surface area contributed by atoms with Gasteiger partial charge in [-0.1, -0.05) is 0 Å². The predicted octanol–water partition coefficient (Wildman–Crippen LogP) is 0.310. The average Bonchev–Trinajstić information content (AvgIpc) is 1.86. The molecule has 4 N–H and O–H groups in total. The van der Waals surface area contributed by atoms with Crippen molar-refractivity contribution in [3.63, 3.8) is 0 Å². The standard InChI is InChI=1S/C6H11F2N3/c7-6(8)2-1-4(5(9)10)11-3-6/h4,11H,1-3H2,(H3,9,10). The molecule has 0 aliphatic carbocycles. The van der Waals surface area contributed by atoms with Gasteiger partial charge in [-0.05, 0) is 6.42 Å². The molecule has 0 aromatic carbocycles. The Balaban J connectivity index is 2.42. The van der Waals surface area contributed by atoms with Crippen LogP contribution in [0.15, 0.2) is 0 Å². The van der Waals surface area contributed by atoms with Crippen LogP contribution in [0, 0.1) is 5.41 Å². The first-order valence-electron chi connectivity index (χ1n) is 3.46. The van der Waals surface area contributed by atoms with Gasteiger partial charge in [-0.3, -0.25) is 5.41 Å². The maximum absolute atomic E-state index is 12.5. The zero-order chi connectivity index (χ0) is 8.48. The van der Waals surface area contributed by atoms with Gasteiger partial charge in [0, 0.05) is 6.42 Å². The van der Waals surface area contributed by atoms with Crippen molar-refractivity contribution < 1.29 is 8.78 Å². The van der Waals surface area contributed by atoms with Gasteiger partial charge in [0.05, 0.1) is 12.6 Å². The summed E-state index contributed by atoms with van der Waals surface area (Å²) < 4.78 is 24.9. The molecule has 1 rings (SSSR count). The largest absolute Gasteiger partial charge is 0.386 e. The number of piperidine rings is 1. The lowest BCUT2D eigenvalue weighted by atomic mass is 10.0. The Labute approximate surface area is 63.5 Å². The number of rotatable bonds is 1. The molecule has 0 aromatic rings. The minimum absolute atomic E-state index is 0.0551. The van der Waals surface area contributed by atoms with Gasteiger partial charge in [-0.15, -0.1) is 0 Å². The summed E-state index contributed by atoms with van der Waals surface area (Å²) in [7, 11) is 0. The number of hydrogen-bond acceptors (Lipinski definition) is 2. The Kier molecular flexibility index (Phi) is 2.08. The molecule has 11 heavy (non-hydrogen) atoms. The molecular formula is C6H11F2N3. The van der Waals surface area contributed by atoms with Gasteiger partial charge >= 0.3 is 0 Å². The van der Waals surface area contributed by atoms with E-state index in [2.05, 4.69) is 5.32 Å². The van der Waals surface area contributed by atoms with Crippen molar-refractivity contribution in [1.29, 1.82) is 5.41 Å². The zero-order valence-corrected chi connectivity index (χ0v) is 6.03. The molecule has 1 atom stereocenters. The minimum atomic E-state index is -2.62. The Bertz CT molecular complexity index is 159. The lowest BCUT2D eigenvalue weighted by molar-refractivity contribution is -0.0250. The molecule has 1 fully saturated rings. The van der Waals surface area contributed by atoms with Crippen LogP contribution < -0.4 is 11.1 Å². The van der Waals surface area contributed by atoms with Crippen LogP contribution in [0.5, 0.6) is 0 Å². The molecule has 64 valence electrons. The molecular weight excluding hydrogens is 152 g/mol. The summed E-state index contributed by atoms with van der Waals surface area (Å²) >= 11 is 0. The smallest absolute Gasteiger partial charge is 0.260 e. The number of amidine groups is 1. The fourth-order valence-electron chi connectivity index (χ4n) is 1.08. The second-order valence-corrected chi connectivity index (χ2v) is 2.78. The van der Waals surface area contributed by atoms with Crippen LogP contribution in [-0.2, 0) is 0 Å². The fraction of sp³-hybridized carbons (Fsp3) is 0.833. The van der Waals surface area contributed by atoms with E-state index < -0.39 is 5.92 Å². The van der Waals surface area contributed by atoms with E-state index >= 15 is 0 Å². The van der Waals surface area contributed by atoms with Gasteiger partial charge in [0.15, 0.2) is 0 Å². The summed E-state index contributed by atoms with van der Waals surface area (Å²) in [5.74, 6) is -2.67. The van der Waals surface area contributed by atoms with E-state index in [9.17, 15) is 8.78 Å². The van der Waals surface area contributed by atoms with Crippen LogP contribution in [0.25, 0.3) is 0 Å². The quantitative estimate of drug-likeness (QED) is 0.385. The first-order valence-corrected chi connectivity index (χ1v) is 3.46. The molecule has 1 aliphatic rings. The molecule has 1 saturated heterocycles. The Hall–Kier alpha value is -0.710. The predicted molar refractivity (Wildman–Crippen MR) is 37.9 cm³/mol. The van der Waals surface area contributed by atoms with E-state index in [1.54, 1.807) is 0 Å². The van der Waals surface area contributed by atoms with Gasteiger partial charge in [-0.2, -0.15) is 0 Å². The van der Waals surface area contributed by atoms with E-state index in [0.29, 0.717) is 0 Å². The summed E-state index contributed by atoms with van der Waals surface area (Å²) in [6.45, 7) is -0.364. The molecule has 0 saturated carbocycles. The Morgan fingerprint density at radius 1 is 1.64 bits per heavy atom. The van der Waals surface area contributed by atoms with Crippen LogP contribution >= 0.6 is 0 Å². The van der Waals surface area contributed by atoms with Crippen molar-refractivity contribution in [2.45, 2.75) is 24.8 Å². The first-order chi connectivity index (χ1) is 5.01. The van der Waals surface area contributed by atoms with Crippen LogP contribution in [0.2, 0.25) is 0 Å². The number of nitrogens with one attached hydrogen (secondary N) is 2. The van der Waals surface area contributed by atoms with Gasteiger partial charge in [0.25, 0.3) is 5.92 Å². The van der Waals surface area contributed by atoms with Crippen molar-refractivity contribution in [3.8, 4) is 0 Å². The highest BCUT2D eigenvalue weighted by Crippen LogP contribution is 2.24. The van der Waals surface area contributed by atoms with Crippen molar-refractivity contribution in [3.05, 3.63) is 0 Å². The first kappa shape index (κ1) is 8.39. The van der Waals surface area contributed by atoms with Gasteiger partial charge in [-0.25, -0.2) is 8.78 Å². The van der Waals surface area contributed by atoms with Crippen molar-refractivity contribution in [2.24, 2.45) is 5.73 Å². The molecule has 0 spiro atoms. The second-order valence-electron chi connectivity index (χ2n) is 2.78. The zero-order valence-electron chi connectivity index (χ0n) is 6.03. The number of hydrogen-bond donors (Lipinski definition) is 3. The van der Waals surface area contributed by atoms with Crippen LogP contribution in [0.1, 0.15) is 12.8 Å². The summed E-state index contributed by atoms with van der Waals surface area (Å²) in [6.07, 6.45) is 0.0760. The molecule has 0 amide bonds. The molecule has 0 aromatic heterocycles. The SMILES string of the molecule is N=C(N)C1CCC(F)(F)CN1. The number of alkyl halides is 2. The molecule has 0 radical (unpaired) electrons. The molecule has 3 nitrogen and oxygen atoms in total. The summed E-state index contributed by atoms with van der Waals surface area (Å²) in [4.78, 5) is 0. The second kappa shape index (κ2) is 2.73. The maximum atomic E-state index is 12.5. The summed E-state index contributed by atoms with van der Waals surface area (Å²) in [5.41, 5.74) is 5.13. The molecule has 0 bridgehead atoms. The lowest BCUT2D eigenvalue weighted by Crippen LogP contribution is -2.50. The highest BCUT2D eigenvalue weighted by atomic mass is 19.3. The fourth-order valence-corrected chi connectivity index (χ4v) is 1.08. The topological polar surface area (TPSA) is 61.9 Å². The summed E-state index contributed by atoms with van der Waals surface area (Å²) in [5, 5.41) is 9.50. The maximum Gasteiger partial charge on any atom is 0.260 e. The number of halogens is 2. The number of nitrogens with two attached hydrogens (primary N) is 1. The Morgan fingerprint density at radius 2 is 2.27 bits per heavy atom. The molecule has 1 aliphatic heterocycles. The van der Waals surface area contributed by atoms with E-state index in [-0.39, 0.29) is 31.3 Å². The van der Waals surface area contributed by atoms with Crippen molar-refractivity contribution in [2.75, 3.05) is 6.54 Å². The normalized spacial score (nSPS) is 29.8.